The number of benzene rings is 1. The van der Waals surface area contributed by atoms with E-state index in [0.29, 0.717) is 6.04 Å². The number of rotatable bonds is 6. The molecule has 3 heteroatoms. The van der Waals surface area contributed by atoms with E-state index in [2.05, 4.69) is 55.3 Å². The molecule has 1 aromatic carbocycles. The van der Waals surface area contributed by atoms with Crippen LogP contribution in [0.1, 0.15) is 31.4 Å². The molecule has 2 rings (SSSR count). The SMILES string of the molecule is CCCOc1ccc(C(NC)C2CCSC2)cc1. The molecular weight excluding hydrogens is 242 g/mol. The minimum atomic E-state index is 0.486. The van der Waals surface area contributed by atoms with Crippen molar-refractivity contribution < 1.29 is 4.74 Å². The molecule has 1 aromatic rings. The van der Waals surface area contributed by atoms with Crippen LogP contribution in [0.5, 0.6) is 5.75 Å². The molecule has 2 nitrogen and oxygen atoms in total. The van der Waals surface area contributed by atoms with Gasteiger partial charge in [-0.05, 0) is 55.0 Å². The summed E-state index contributed by atoms with van der Waals surface area (Å²) in [5.41, 5.74) is 1.38. The first-order chi connectivity index (χ1) is 8.85. The smallest absolute Gasteiger partial charge is 0.119 e. The number of thioether (sulfide) groups is 1. The Morgan fingerprint density at radius 3 is 2.72 bits per heavy atom. The van der Waals surface area contributed by atoms with Crippen molar-refractivity contribution in [2.24, 2.45) is 5.92 Å². The van der Waals surface area contributed by atoms with Crippen LogP contribution in [0.4, 0.5) is 0 Å². The molecule has 1 N–H and O–H groups in total. The van der Waals surface area contributed by atoms with Crippen LogP contribution in [0, 0.1) is 5.92 Å². The van der Waals surface area contributed by atoms with Crippen LogP contribution in [-0.4, -0.2) is 25.2 Å². The number of nitrogens with one attached hydrogen (secondary N) is 1. The third-order valence-corrected chi connectivity index (χ3v) is 4.65. The molecule has 1 saturated heterocycles. The molecule has 2 unspecified atom stereocenters. The molecule has 0 spiro atoms. The first-order valence-corrected chi connectivity index (χ1v) is 7.98. The third kappa shape index (κ3) is 3.42. The Morgan fingerprint density at radius 2 is 2.17 bits per heavy atom. The lowest BCUT2D eigenvalue weighted by molar-refractivity contribution is 0.317. The van der Waals surface area contributed by atoms with Crippen molar-refractivity contribution in [2.75, 3.05) is 25.2 Å². The van der Waals surface area contributed by atoms with E-state index in [9.17, 15) is 0 Å². The van der Waals surface area contributed by atoms with Crippen molar-refractivity contribution in [3.63, 3.8) is 0 Å². The predicted octanol–water partition coefficient (Wildman–Crippen LogP) is 3.49. The second kappa shape index (κ2) is 7.05. The van der Waals surface area contributed by atoms with Gasteiger partial charge in [0.1, 0.15) is 5.75 Å². The molecule has 100 valence electrons. The van der Waals surface area contributed by atoms with Gasteiger partial charge in [0.15, 0.2) is 0 Å². The van der Waals surface area contributed by atoms with Crippen molar-refractivity contribution in [1.29, 1.82) is 0 Å². The zero-order chi connectivity index (χ0) is 12.8. The molecule has 0 saturated carbocycles. The third-order valence-electron chi connectivity index (χ3n) is 3.46. The number of hydrogen-bond donors (Lipinski definition) is 1. The molecule has 0 bridgehead atoms. The summed E-state index contributed by atoms with van der Waals surface area (Å²) < 4.78 is 5.62. The highest BCUT2D eigenvalue weighted by Crippen LogP contribution is 2.34. The lowest BCUT2D eigenvalue weighted by Gasteiger charge is -2.23. The Balaban J connectivity index is 2.02. The van der Waals surface area contributed by atoms with Gasteiger partial charge in [-0.3, -0.25) is 0 Å². The maximum absolute atomic E-state index is 5.62. The summed E-state index contributed by atoms with van der Waals surface area (Å²) in [7, 11) is 2.06. The predicted molar refractivity (Wildman–Crippen MR) is 79.5 cm³/mol. The summed E-state index contributed by atoms with van der Waals surface area (Å²) in [6.07, 6.45) is 2.38. The van der Waals surface area contributed by atoms with E-state index in [1.165, 1.54) is 23.5 Å². The zero-order valence-electron chi connectivity index (χ0n) is 11.3. The fourth-order valence-corrected chi connectivity index (χ4v) is 3.78. The van der Waals surface area contributed by atoms with Crippen LogP contribution < -0.4 is 10.1 Å². The van der Waals surface area contributed by atoms with Gasteiger partial charge in [-0.15, -0.1) is 0 Å². The van der Waals surface area contributed by atoms with Gasteiger partial charge in [0.25, 0.3) is 0 Å². The average Bonchev–Trinajstić information content (AvgIpc) is 2.93. The van der Waals surface area contributed by atoms with E-state index in [4.69, 9.17) is 4.74 Å². The minimum absolute atomic E-state index is 0.486. The van der Waals surface area contributed by atoms with Crippen LogP contribution in [0.25, 0.3) is 0 Å². The highest BCUT2D eigenvalue weighted by molar-refractivity contribution is 7.99. The van der Waals surface area contributed by atoms with Crippen molar-refractivity contribution in [2.45, 2.75) is 25.8 Å². The van der Waals surface area contributed by atoms with E-state index in [-0.39, 0.29) is 0 Å². The minimum Gasteiger partial charge on any atom is -0.494 e. The lowest BCUT2D eigenvalue weighted by atomic mass is 9.92. The standard InChI is InChI=1S/C15H23NOS/c1-3-9-17-14-6-4-12(5-7-14)15(16-2)13-8-10-18-11-13/h4-7,13,15-16H,3,8-11H2,1-2H3. The molecule has 18 heavy (non-hydrogen) atoms. The van der Waals surface area contributed by atoms with Gasteiger partial charge in [-0.1, -0.05) is 19.1 Å². The van der Waals surface area contributed by atoms with Crippen LogP contribution in [0.2, 0.25) is 0 Å². The van der Waals surface area contributed by atoms with E-state index in [1.54, 1.807) is 0 Å². The average molecular weight is 265 g/mol. The lowest BCUT2D eigenvalue weighted by Crippen LogP contribution is -2.25. The largest absolute Gasteiger partial charge is 0.494 e. The number of ether oxygens (including phenoxy) is 1. The summed E-state index contributed by atoms with van der Waals surface area (Å²) in [6, 6.07) is 9.08. The van der Waals surface area contributed by atoms with Crippen LogP contribution in [-0.2, 0) is 0 Å². The van der Waals surface area contributed by atoms with E-state index in [1.807, 2.05) is 0 Å². The summed E-state index contributed by atoms with van der Waals surface area (Å²) in [5, 5.41) is 3.47. The first-order valence-electron chi connectivity index (χ1n) is 6.83. The molecule has 1 aliphatic rings. The van der Waals surface area contributed by atoms with Gasteiger partial charge in [-0.25, -0.2) is 0 Å². The molecule has 0 aliphatic carbocycles. The van der Waals surface area contributed by atoms with Gasteiger partial charge in [0.05, 0.1) is 6.61 Å². The Bertz CT molecular complexity index is 346. The van der Waals surface area contributed by atoms with Gasteiger partial charge in [-0.2, -0.15) is 11.8 Å². The monoisotopic (exact) mass is 265 g/mol. The van der Waals surface area contributed by atoms with Crippen LogP contribution in [0.3, 0.4) is 0 Å². The maximum Gasteiger partial charge on any atom is 0.119 e. The zero-order valence-corrected chi connectivity index (χ0v) is 12.1. The second-order valence-corrected chi connectivity index (χ2v) is 5.96. The molecule has 0 radical (unpaired) electrons. The first kappa shape index (κ1) is 13.8. The normalized spacial score (nSPS) is 20.9. The Kier molecular flexibility index (Phi) is 5.39. The van der Waals surface area contributed by atoms with Crippen molar-refractivity contribution >= 4 is 11.8 Å². The molecular formula is C15H23NOS. The van der Waals surface area contributed by atoms with Gasteiger partial charge < -0.3 is 10.1 Å². The fourth-order valence-electron chi connectivity index (χ4n) is 2.48. The topological polar surface area (TPSA) is 21.3 Å². The van der Waals surface area contributed by atoms with E-state index < -0.39 is 0 Å². The Hall–Kier alpha value is -0.670. The van der Waals surface area contributed by atoms with Crippen molar-refractivity contribution in [3.8, 4) is 5.75 Å². The summed E-state index contributed by atoms with van der Waals surface area (Å²) >= 11 is 2.07. The van der Waals surface area contributed by atoms with Crippen LogP contribution >= 0.6 is 11.8 Å². The van der Waals surface area contributed by atoms with Crippen molar-refractivity contribution in [1.82, 2.24) is 5.32 Å². The summed E-state index contributed by atoms with van der Waals surface area (Å²) in [5.74, 6) is 4.33. The van der Waals surface area contributed by atoms with Gasteiger partial charge >= 0.3 is 0 Å². The van der Waals surface area contributed by atoms with Gasteiger partial charge in [0, 0.05) is 6.04 Å². The van der Waals surface area contributed by atoms with Crippen molar-refractivity contribution in [3.05, 3.63) is 29.8 Å². The molecule has 2 atom stereocenters. The molecule has 1 aliphatic heterocycles. The van der Waals surface area contributed by atoms with Gasteiger partial charge in [0.2, 0.25) is 0 Å². The summed E-state index contributed by atoms with van der Waals surface area (Å²) in [6.45, 7) is 2.93. The second-order valence-electron chi connectivity index (χ2n) is 4.81. The fraction of sp³-hybridized carbons (Fsp3) is 0.600. The maximum atomic E-state index is 5.62. The molecule has 0 aromatic heterocycles. The highest BCUT2D eigenvalue weighted by Gasteiger charge is 2.25. The van der Waals surface area contributed by atoms with Crippen LogP contribution in [0.15, 0.2) is 24.3 Å². The van der Waals surface area contributed by atoms with E-state index >= 15 is 0 Å². The quantitative estimate of drug-likeness (QED) is 0.851. The Morgan fingerprint density at radius 1 is 1.39 bits per heavy atom. The Labute approximate surface area is 114 Å². The molecule has 1 heterocycles. The van der Waals surface area contributed by atoms with E-state index in [0.717, 1.165) is 24.7 Å². The highest BCUT2D eigenvalue weighted by atomic mass is 32.2. The molecule has 1 fully saturated rings. The number of hydrogen-bond acceptors (Lipinski definition) is 3. The summed E-state index contributed by atoms with van der Waals surface area (Å²) in [4.78, 5) is 0. The molecule has 0 amide bonds.